The molecule has 2 heteroatoms. The van der Waals surface area contributed by atoms with Crippen molar-refractivity contribution in [2.75, 3.05) is 0 Å². The fourth-order valence-electron chi connectivity index (χ4n) is 1.30. The van der Waals surface area contributed by atoms with E-state index in [9.17, 15) is 4.57 Å². The average Bonchev–Trinajstić information content (AvgIpc) is 2.16. The van der Waals surface area contributed by atoms with Gasteiger partial charge < -0.3 is 4.57 Å². The van der Waals surface area contributed by atoms with Gasteiger partial charge in [0, 0.05) is 5.30 Å². The summed E-state index contributed by atoms with van der Waals surface area (Å²) in [6.07, 6.45) is 2.00. The minimum atomic E-state index is -0.772. The zero-order valence-corrected chi connectivity index (χ0v) is 8.79. The number of benzene rings is 1. The van der Waals surface area contributed by atoms with E-state index < -0.39 is 8.46 Å². The summed E-state index contributed by atoms with van der Waals surface area (Å²) >= 11 is 0. The normalized spacial score (nSPS) is 11.2. The molecule has 0 fully saturated rings. The van der Waals surface area contributed by atoms with Gasteiger partial charge in [-0.2, -0.15) is 0 Å². The summed E-state index contributed by atoms with van der Waals surface area (Å²) in [6.45, 7) is 4.21. The van der Waals surface area contributed by atoms with Crippen molar-refractivity contribution in [1.82, 2.24) is 0 Å². The third-order valence-corrected chi connectivity index (χ3v) is 2.92. The van der Waals surface area contributed by atoms with Gasteiger partial charge in [-0.25, -0.2) is 0 Å². The molecular formula is C10H15OP. The van der Waals surface area contributed by atoms with Crippen LogP contribution in [0.15, 0.2) is 18.2 Å². The van der Waals surface area contributed by atoms with Crippen molar-refractivity contribution in [2.45, 2.75) is 26.7 Å². The van der Waals surface area contributed by atoms with E-state index in [1.807, 2.05) is 0 Å². The molecule has 1 aromatic rings. The van der Waals surface area contributed by atoms with Crippen LogP contribution in [0.3, 0.4) is 0 Å². The third kappa shape index (κ3) is 1.98. The number of rotatable bonds is 3. The summed E-state index contributed by atoms with van der Waals surface area (Å²) < 4.78 is 10.9. The molecule has 0 heterocycles. The second-order valence-corrected chi connectivity index (χ2v) is 3.72. The molecule has 12 heavy (non-hydrogen) atoms. The fraction of sp³-hybridized carbons (Fsp3) is 0.400. The van der Waals surface area contributed by atoms with E-state index in [0.29, 0.717) is 0 Å². The summed E-state index contributed by atoms with van der Waals surface area (Å²) in [5, 5.41) is 1.05. The van der Waals surface area contributed by atoms with Crippen molar-refractivity contribution < 1.29 is 4.57 Å². The molecule has 0 amide bonds. The second-order valence-electron chi connectivity index (χ2n) is 2.86. The highest BCUT2D eigenvalue weighted by Crippen LogP contribution is 2.08. The molecule has 0 spiro atoms. The van der Waals surface area contributed by atoms with Crippen molar-refractivity contribution in [3.05, 3.63) is 29.3 Å². The molecule has 0 aliphatic heterocycles. The van der Waals surface area contributed by atoms with Crippen LogP contribution < -0.4 is 5.30 Å². The zero-order valence-electron chi connectivity index (χ0n) is 7.63. The molecule has 0 radical (unpaired) electrons. The van der Waals surface area contributed by atoms with Crippen molar-refractivity contribution in [1.29, 1.82) is 0 Å². The number of aryl methyl sites for hydroxylation is 2. The van der Waals surface area contributed by atoms with Gasteiger partial charge in [0.1, 0.15) is 0 Å². The predicted octanol–water partition coefficient (Wildman–Crippen LogP) is 2.19. The third-order valence-electron chi connectivity index (χ3n) is 2.13. The lowest BCUT2D eigenvalue weighted by Crippen LogP contribution is -2.02. The van der Waals surface area contributed by atoms with Gasteiger partial charge >= 0.3 is 0 Å². The molecule has 0 aliphatic rings. The van der Waals surface area contributed by atoms with E-state index in [1.165, 1.54) is 11.1 Å². The first-order valence-electron chi connectivity index (χ1n) is 4.38. The minimum Gasteiger partial charge on any atom is -0.325 e. The highest BCUT2D eigenvalue weighted by molar-refractivity contribution is 7.34. The lowest BCUT2D eigenvalue weighted by molar-refractivity contribution is 0.603. The Bertz CT molecular complexity index is 281. The highest BCUT2D eigenvalue weighted by atomic mass is 31.1. The van der Waals surface area contributed by atoms with E-state index in [0.717, 1.165) is 18.1 Å². The van der Waals surface area contributed by atoms with Crippen LogP contribution in [0.5, 0.6) is 0 Å². The Kier molecular flexibility index (Phi) is 3.55. The summed E-state index contributed by atoms with van der Waals surface area (Å²) in [5.41, 5.74) is 2.52. The smallest absolute Gasteiger partial charge is 0.0924 e. The van der Waals surface area contributed by atoms with Gasteiger partial charge in [0.2, 0.25) is 0 Å². The molecule has 0 bridgehead atoms. The summed E-state index contributed by atoms with van der Waals surface area (Å²) in [7, 11) is -0.772. The van der Waals surface area contributed by atoms with Crippen LogP contribution in [-0.4, -0.2) is 0 Å². The largest absolute Gasteiger partial charge is 0.325 e. The van der Waals surface area contributed by atoms with Gasteiger partial charge in [0.25, 0.3) is 0 Å². The van der Waals surface area contributed by atoms with E-state index in [4.69, 9.17) is 0 Å². The fourth-order valence-corrected chi connectivity index (χ4v) is 2.03. The molecule has 0 saturated heterocycles. The standard InChI is InChI=1S/C10H15OP/c1-3-8-5-6-9(4-2)10(7-8)12-11/h5-7H,3-4,12H2,1-2H3. The Labute approximate surface area is 75.0 Å². The Morgan fingerprint density at radius 3 is 2.50 bits per heavy atom. The van der Waals surface area contributed by atoms with Crippen LogP contribution in [0.4, 0.5) is 0 Å². The van der Waals surface area contributed by atoms with E-state index in [1.54, 1.807) is 0 Å². The maximum absolute atomic E-state index is 10.9. The van der Waals surface area contributed by atoms with Crippen LogP contribution in [0.1, 0.15) is 25.0 Å². The predicted molar refractivity (Wildman–Crippen MR) is 55.2 cm³/mol. The summed E-state index contributed by atoms with van der Waals surface area (Å²) in [5.74, 6) is 0. The van der Waals surface area contributed by atoms with E-state index >= 15 is 0 Å². The maximum atomic E-state index is 10.9. The number of hydrogen-bond donors (Lipinski definition) is 0. The molecular weight excluding hydrogens is 167 g/mol. The van der Waals surface area contributed by atoms with Gasteiger partial charge in [-0.15, -0.1) is 0 Å². The minimum absolute atomic E-state index is 0.772. The Morgan fingerprint density at radius 2 is 2.00 bits per heavy atom. The first-order chi connectivity index (χ1) is 5.81. The average molecular weight is 182 g/mol. The van der Waals surface area contributed by atoms with Crippen LogP contribution in [0, 0.1) is 0 Å². The maximum Gasteiger partial charge on any atom is 0.0924 e. The molecule has 1 atom stereocenters. The van der Waals surface area contributed by atoms with Crippen LogP contribution in [0.2, 0.25) is 0 Å². The molecule has 1 unspecified atom stereocenters. The molecule has 1 nitrogen and oxygen atoms in total. The van der Waals surface area contributed by atoms with Crippen molar-refractivity contribution in [3.8, 4) is 0 Å². The second kappa shape index (κ2) is 4.47. The first kappa shape index (κ1) is 9.54. The highest BCUT2D eigenvalue weighted by Gasteiger charge is 1.98. The monoisotopic (exact) mass is 182 g/mol. The molecule has 0 aliphatic carbocycles. The molecule has 66 valence electrons. The topological polar surface area (TPSA) is 17.1 Å². The Morgan fingerprint density at radius 1 is 1.25 bits per heavy atom. The molecule has 1 rings (SSSR count). The first-order valence-corrected chi connectivity index (χ1v) is 5.43. The molecule has 0 N–H and O–H groups in total. The van der Waals surface area contributed by atoms with E-state index in [2.05, 4.69) is 32.0 Å². The van der Waals surface area contributed by atoms with Gasteiger partial charge in [0.05, 0.1) is 8.46 Å². The van der Waals surface area contributed by atoms with Gasteiger partial charge in [-0.3, -0.25) is 0 Å². The Balaban J connectivity index is 3.10. The zero-order chi connectivity index (χ0) is 8.97. The van der Waals surface area contributed by atoms with Crippen LogP contribution in [0.25, 0.3) is 0 Å². The van der Waals surface area contributed by atoms with Crippen LogP contribution >= 0.6 is 8.46 Å². The summed E-state index contributed by atoms with van der Waals surface area (Å²) in [4.78, 5) is 0. The molecule has 1 aromatic carbocycles. The van der Waals surface area contributed by atoms with E-state index in [-0.39, 0.29) is 0 Å². The van der Waals surface area contributed by atoms with Crippen molar-refractivity contribution in [3.63, 3.8) is 0 Å². The Hall–Kier alpha value is -0.550. The quantitative estimate of drug-likeness (QED) is 0.655. The molecule has 0 saturated carbocycles. The van der Waals surface area contributed by atoms with Gasteiger partial charge in [0.15, 0.2) is 0 Å². The number of hydrogen-bond acceptors (Lipinski definition) is 1. The van der Waals surface area contributed by atoms with Gasteiger partial charge in [-0.05, 0) is 30.0 Å². The van der Waals surface area contributed by atoms with Gasteiger partial charge in [-0.1, -0.05) is 26.0 Å². The lowest BCUT2D eigenvalue weighted by atomic mass is 10.1. The molecule has 0 aromatic heterocycles. The SMILES string of the molecule is CCc1ccc(CC)c([PH2]=O)c1. The summed E-state index contributed by atoms with van der Waals surface area (Å²) in [6, 6.07) is 6.29. The van der Waals surface area contributed by atoms with Crippen molar-refractivity contribution >= 4 is 13.8 Å². The van der Waals surface area contributed by atoms with Crippen molar-refractivity contribution in [2.24, 2.45) is 0 Å². The van der Waals surface area contributed by atoms with Crippen LogP contribution in [-0.2, 0) is 17.4 Å². The lowest BCUT2D eigenvalue weighted by Gasteiger charge is -2.03.